The van der Waals surface area contributed by atoms with Crippen molar-refractivity contribution >= 4 is 103 Å². The topological polar surface area (TPSA) is 16.4 Å². The number of thiophene rings is 1. The van der Waals surface area contributed by atoms with Crippen molar-refractivity contribution in [3.05, 3.63) is 176 Å². The van der Waals surface area contributed by atoms with Crippen molar-refractivity contribution in [3.63, 3.8) is 0 Å². The third-order valence-electron chi connectivity index (χ3n) is 10.4. The van der Waals surface area contributed by atoms with Gasteiger partial charge in [-0.3, -0.25) is 0 Å². The SMILES string of the molecule is c1ccc2cc(-c3ccc(N(c4cccc5ccccc45)c4cccc5sc6ccc7c(oc8ccc9ccccc9c87)c6c45)cc3)ccc2c1. The molecule has 238 valence electrons. The number of hydrogen-bond acceptors (Lipinski definition) is 3. The maximum Gasteiger partial charge on any atom is 0.144 e. The molecule has 0 unspecified atom stereocenters. The highest BCUT2D eigenvalue weighted by Gasteiger charge is 2.23. The summed E-state index contributed by atoms with van der Waals surface area (Å²) in [6.45, 7) is 0. The third-order valence-corrected chi connectivity index (χ3v) is 11.5. The lowest BCUT2D eigenvalue weighted by atomic mass is 10.00. The van der Waals surface area contributed by atoms with Crippen LogP contribution in [0.15, 0.2) is 180 Å². The highest BCUT2D eigenvalue weighted by molar-refractivity contribution is 7.26. The zero-order valence-corrected chi connectivity index (χ0v) is 28.3. The molecule has 0 aliphatic heterocycles. The second-order valence-corrected chi connectivity index (χ2v) is 14.4. The van der Waals surface area contributed by atoms with E-state index < -0.39 is 0 Å². The first-order valence-corrected chi connectivity index (χ1v) is 18.2. The Morgan fingerprint density at radius 2 is 1.04 bits per heavy atom. The molecule has 0 aliphatic carbocycles. The minimum atomic E-state index is 0.920. The quantitative estimate of drug-likeness (QED) is 0.186. The van der Waals surface area contributed by atoms with Gasteiger partial charge in [-0.15, -0.1) is 11.3 Å². The summed E-state index contributed by atoms with van der Waals surface area (Å²) in [4.78, 5) is 2.44. The molecule has 2 aromatic heterocycles. The van der Waals surface area contributed by atoms with Gasteiger partial charge in [0.1, 0.15) is 11.2 Å². The van der Waals surface area contributed by atoms with Crippen molar-refractivity contribution in [1.82, 2.24) is 0 Å². The summed E-state index contributed by atoms with van der Waals surface area (Å²) in [5.41, 5.74) is 7.64. The number of rotatable bonds is 4. The largest absolute Gasteiger partial charge is 0.455 e. The number of nitrogens with zero attached hydrogens (tertiary/aromatic N) is 1. The first-order valence-electron chi connectivity index (χ1n) is 17.3. The normalized spacial score (nSPS) is 11.9. The van der Waals surface area contributed by atoms with Crippen molar-refractivity contribution in [3.8, 4) is 11.1 Å². The van der Waals surface area contributed by atoms with Gasteiger partial charge in [-0.2, -0.15) is 0 Å². The van der Waals surface area contributed by atoms with Gasteiger partial charge in [0.25, 0.3) is 0 Å². The predicted molar refractivity (Wildman–Crippen MR) is 219 cm³/mol. The fourth-order valence-corrected chi connectivity index (χ4v) is 9.18. The molecular formula is C48H29NOS. The molecule has 3 heteroatoms. The van der Waals surface area contributed by atoms with E-state index in [0.29, 0.717) is 0 Å². The van der Waals surface area contributed by atoms with E-state index in [4.69, 9.17) is 4.42 Å². The minimum Gasteiger partial charge on any atom is -0.455 e. The summed E-state index contributed by atoms with van der Waals surface area (Å²) < 4.78 is 9.29. The van der Waals surface area contributed by atoms with Crippen LogP contribution in [0.25, 0.3) is 85.6 Å². The molecule has 0 radical (unpaired) electrons. The smallest absolute Gasteiger partial charge is 0.144 e. The van der Waals surface area contributed by atoms with Gasteiger partial charge in [-0.05, 0) is 92.7 Å². The van der Waals surface area contributed by atoms with Crippen LogP contribution < -0.4 is 4.90 Å². The molecule has 0 saturated heterocycles. The molecule has 2 heterocycles. The van der Waals surface area contributed by atoms with Gasteiger partial charge < -0.3 is 9.32 Å². The number of benzene rings is 9. The molecule has 0 spiro atoms. The molecule has 51 heavy (non-hydrogen) atoms. The van der Waals surface area contributed by atoms with Crippen LogP contribution in [-0.4, -0.2) is 0 Å². The second-order valence-electron chi connectivity index (χ2n) is 13.3. The standard InChI is InChI=1S/C48H29NOS/c1-2-12-34-29-35(20-19-30(34)9-1)31-21-24-36(25-22-31)49(40-16-7-13-32-10-3-5-14-37(32)40)41-17-8-18-43-46(41)47-44(51-43)28-26-39-45-38-15-6-4-11-33(38)23-27-42(45)50-48(39)47/h1-29H. The third kappa shape index (κ3) is 4.35. The van der Waals surface area contributed by atoms with Crippen molar-refractivity contribution < 1.29 is 4.42 Å². The van der Waals surface area contributed by atoms with Crippen LogP contribution in [0, 0.1) is 0 Å². The maximum atomic E-state index is 6.84. The van der Waals surface area contributed by atoms with Gasteiger partial charge >= 0.3 is 0 Å². The Morgan fingerprint density at radius 1 is 0.392 bits per heavy atom. The molecule has 0 N–H and O–H groups in total. The van der Waals surface area contributed by atoms with Crippen LogP contribution in [0.3, 0.4) is 0 Å². The molecular weight excluding hydrogens is 639 g/mol. The van der Waals surface area contributed by atoms with Crippen LogP contribution in [0.5, 0.6) is 0 Å². The van der Waals surface area contributed by atoms with Crippen LogP contribution >= 0.6 is 11.3 Å². The van der Waals surface area contributed by atoms with Crippen LogP contribution in [0.4, 0.5) is 17.1 Å². The van der Waals surface area contributed by atoms with Gasteiger partial charge in [0.05, 0.1) is 11.4 Å². The summed E-state index contributed by atoms with van der Waals surface area (Å²) in [5.74, 6) is 0. The number of furan rings is 1. The van der Waals surface area contributed by atoms with E-state index in [0.717, 1.165) is 33.6 Å². The minimum absolute atomic E-state index is 0.920. The first kappa shape index (κ1) is 28.4. The van der Waals surface area contributed by atoms with Crippen LogP contribution in [0.1, 0.15) is 0 Å². The molecule has 2 nitrogen and oxygen atoms in total. The Balaban J connectivity index is 1.18. The molecule has 0 aliphatic rings. The van der Waals surface area contributed by atoms with E-state index in [-0.39, 0.29) is 0 Å². The molecule has 11 aromatic rings. The number of fused-ring (bicyclic) bond motifs is 11. The summed E-state index contributed by atoms with van der Waals surface area (Å²) in [7, 11) is 0. The Morgan fingerprint density at radius 3 is 1.90 bits per heavy atom. The molecule has 0 amide bonds. The molecule has 9 aromatic carbocycles. The fraction of sp³-hybridized carbons (Fsp3) is 0. The molecule has 0 fully saturated rings. The molecule has 0 saturated carbocycles. The molecule has 11 rings (SSSR count). The summed E-state index contributed by atoms with van der Waals surface area (Å²) >= 11 is 1.83. The summed E-state index contributed by atoms with van der Waals surface area (Å²) in [5, 5.41) is 12.1. The van der Waals surface area contributed by atoms with Gasteiger partial charge in [-0.25, -0.2) is 0 Å². The van der Waals surface area contributed by atoms with Crippen LogP contribution in [0.2, 0.25) is 0 Å². The number of anilines is 3. The van der Waals surface area contributed by atoms with E-state index in [1.807, 2.05) is 11.3 Å². The van der Waals surface area contributed by atoms with Crippen molar-refractivity contribution in [2.45, 2.75) is 0 Å². The zero-order valence-electron chi connectivity index (χ0n) is 27.5. The zero-order chi connectivity index (χ0) is 33.5. The van der Waals surface area contributed by atoms with Gasteiger partial charge in [0.2, 0.25) is 0 Å². The van der Waals surface area contributed by atoms with E-state index in [9.17, 15) is 0 Å². The van der Waals surface area contributed by atoms with Crippen molar-refractivity contribution in [2.75, 3.05) is 4.90 Å². The average molecular weight is 668 g/mol. The Hall–Kier alpha value is -6.42. The van der Waals surface area contributed by atoms with Crippen molar-refractivity contribution in [2.24, 2.45) is 0 Å². The molecule has 0 atom stereocenters. The first-order chi connectivity index (χ1) is 25.3. The fourth-order valence-electron chi connectivity index (χ4n) is 8.06. The van der Waals surface area contributed by atoms with E-state index in [2.05, 4.69) is 181 Å². The lowest BCUT2D eigenvalue weighted by Crippen LogP contribution is -2.10. The number of hydrogen-bond donors (Lipinski definition) is 0. The Labute approximate surface area is 298 Å². The summed E-state index contributed by atoms with van der Waals surface area (Å²) in [6, 6.07) is 63.7. The maximum absolute atomic E-state index is 6.84. The monoisotopic (exact) mass is 667 g/mol. The predicted octanol–water partition coefficient (Wildman–Crippen LogP) is 14.6. The van der Waals surface area contributed by atoms with E-state index in [1.165, 1.54) is 69.0 Å². The Bertz CT molecular complexity index is 3140. The van der Waals surface area contributed by atoms with Gasteiger partial charge in [0, 0.05) is 42.0 Å². The van der Waals surface area contributed by atoms with E-state index >= 15 is 0 Å². The van der Waals surface area contributed by atoms with E-state index in [1.54, 1.807) is 0 Å². The lowest BCUT2D eigenvalue weighted by Gasteiger charge is -2.28. The lowest BCUT2D eigenvalue weighted by molar-refractivity contribution is 0.673. The van der Waals surface area contributed by atoms with Gasteiger partial charge in [-0.1, -0.05) is 121 Å². The second kappa shape index (κ2) is 11.0. The van der Waals surface area contributed by atoms with Crippen molar-refractivity contribution in [1.29, 1.82) is 0 Å². The highest BCUT2D eigenvalue weighted by Crippen LogP contribution is 2.49. The summed E-state index contributed by atoms with van der Waals surface area (Å²) in [6.07, 6.45) is 0. The highest BCUT2D eigenvalue weighted by atomic mass is 32.1. The van der Waals surface area contributed by atoms with Gasteiger partial charge in [0.15, 0.2) is 0 Å². The van der Waals surface area contributed by atoms with Crippen LogP contribution in [-0.2, 0) is 0 Å². The Kier molecular flexibility index (Phi) is 6.16. The average Bonchev–Trinajstić information content (AvgIpc) is 3.77. The molecule has 0 bridgehead atoms.